The second-order valence-electron chi connectivity index (χ2n) is 7.45. The summed E-state index contributed by atoms with van der Waals surface area (Å²) in [6.45, 7) is 7.56. The summed E-state index contributed by atoms with van der Waals surface area (Å²) in [5.41, 5.74) is 3.67. The fourth-order valence-corrected chi connectivity index (χ4v) is 4.27. The number of aliphatic hydroxyl groups excluding tert-OH is 1. The van der Waals surface area contributed by atoms with Crippen LogP contribution < -0.4 is 10.9 Å². The van der Waals surface area contributed by atoms with Crippen LogP contribution >= 0.6 is 11.8 Å². The Labute approximate surface area is 173 Å². The van der Waals surface area contributed by atoms with Gasteiger partial charge in [0.05, 0.1) is 30.0 Å². The van der Waals surface area contributed by atoms with Crippen molar-refractivity contribution in [3.8, 4) is 0 Å². The Kier molecular flexibility index (Phi) is 6.39. The summed E-state index contributed by atoms with van der Waals surface area (Å²) in [5.74, 6) is 1.34. The molecule has 2 aromatic heterocycles. The molecule has 2 heterocycles. The van der Waals surface area contributed by atoms with Gasteiger partial charge in [0.15, 0.2) is 0 Å². The Morgan fingerprint density at radius 3 is 2.55 bits per heavy atom. The second kappa shape index (κ2) is 8.63. The molecule has 1 unspecified atom stereocenters. The molecule has 0 saturated heterocycles. The predicted octanol–water partition coefficient (Wildman–Crippen LogP) is 3.55. The highest BCUT2D eigenvalue weighted by molar-refractivity contribution is 7.98. The smallest absolute Gasteiger partial charge is 0.340 e. The van der Waals surface area contributed by atoms with Crippen LogP contribution in [-0.2, 0) is 11.2 Å². The van der Waals surface area contributed by atoms with Crippen LogP contribution in [0.25, 0.3) is 21.9 Å². The van der Waals surface area contributed by atoms with E-state index in [2.05, 4.69) is 5.32 Å². The first-order chi connectivity index (χ1) is 13.8. The molecule has 0 fully saturated rings. The minimum absolute atomic E-state index is 0.103. The van der Waals surface area contributed by atoms with Crippen molar-refractivity contribution in [2.75, 3.05) is 18.6 Å². The van der Waals surface area contributed by atoms with Gasteiger partial charge in [0.1, 0.15) is 16.9 Å². The van der Waals surface area contributed by atoms with E-state index in [0.29, 0.717) is 28.7 Å². The van der Waals surface area contributed by atoms with E-state index < -0.39 is 5.63 Å². The normalized spacial score (nSPS) is 12.6. The van der Waals surface area contributed by atoms with Gasteiger partial charge in [-0.3, -0.25) is 4.79 Å². The second-order valence-corrected chi connectivity index (χ2v) is 8.44. The number of hydrogen-bond acceptors (Lipinski definition) is 6. The molecule has 0 aliphatic rings. The third kappa shape index (κ3) is 4.07. The SMILES string of the molecule is CSCCC(CO)NC(=O)Cc1c(C)c2c(cc(C)c3c(C)c(C)oc32)oc1=O. The van der Waals surface area contributed by atoms with Gasteiger partial charge in [0, 0.05) is 5.39 Å². The van der Waals surface area contributed by atoms with Crippen molar-refractivity contribution in [2.24, 2.45) is 0 Å². The van der Waals surface area contributed by atoms with Gasteiger partial charge in [-0.05, 0) is 68.9 Å². The Morgan fingerprint density at radius 1 is 1.17 bits per heavy atom. The Hall–Kier alpha value is -2.25. The lowest BCUT2D eigenvalue weighted by Gasteiger charge is -2.16. The van der Waals surface area contributed by atoms with Crippen molar-refractivity contribution >= 4 is 39.6 Å². The molecular formula is C22H27NO5S. The summed E-state index contributed by atoms with van der Waals surface area (Å²) in [6.07, 6.45) is 2.54. The van der Waals surface area contributed by atoms with Gasteiger partial charge in [-0.2, -0.15) is 11.8 Å². The summed E-state index contributed by atoms with van der Waals surface area (Å²) in [5, 5.41) is 14.0. The average molecular weight is 418 g/mol. The van der Waals surface area contributed by atoms with Crippen LogP contribution in [0.5, 0.6) is 0 Å². The number of aryl methyl sites for hydroxylation is 4. The zero-order chi connectivity index (χ0) is 21.3. The molecule has 0 bridgehead atoms. The molecule has 0 spiro atoms. The van der Waals surface area contributed by atoms with E-state index >= 15 is 0 Å². The Balaban J connectivity index is 2.04. The van der Waals surface area contributed by atoms with Crippen LogP contribution in [0.1, 0.15) is 34.4 Å². The number of aliphatic hydroxyl groups is 1. The molecule has 3 aromatic rings. The number of hydrogen-bond donors (Lipinski definition) is 2. The fraction of sp³-hybridized carbons (Fsp3) is 0.455. The maximum Gasteiger partial charge on any atom is 0.340 e. The van der Waals surface area contributed by atoms with Gasteiger partial charge in [0.2, 0.25) is 5.91 Å². The minimum atomic E-state index is -0.520. The maximum atomic E-state index is 12.6. The molecule has 29 heavy (non-hydrogen) atoms. The summed E-state index contributed by atoms with van der Waals surface area (Å²) < 4.78 is 11.6. The Bertz CT molecular complexity index is 1130. The lowest BCUT2D eigenvalue weighted by Crippen LogP contribution is -2.39. The number of furan rings is 1. The van der Waals surface area contributed by atoms with Crippen LogP contribution in [0.4, 0.5) is 0 Å². The van der Waals surface area contributed by atoms with Crippen molar-refractivity contribution < 1.29 is 18.7 Å². The molecule has 6 nitrogen and oxygen atoms in total. The van der Waals surface area contributed by atoms with E-state index in [4.69, 9.17) is 8.83 Å². The standard InChI is InChI=1S/C22H27NO5S/c1-11-8-17-20(21-19(11)12(2)14(4)27-21)13(3)16(22(26)28-17)9-18(25)23-15(10-24)6-7-29-5/h8,15,24H,6-7,9-10H2,1-5H3,(H,23,25). The molecule has 3 rings (SSSR count). The molecule has 1 amide bonds. The molecule has 1 atom stereocenters. The van der Waals surface area contributed by atoms with Crippen LogP contribution in [0.15, 0.2) is 19.7 Å². The number of fused-ring (bicyclic) bond motifs is 3. The lowest BCUT2D eigenvalue weighted by molar-refractivity contribution is -0.121. The predicted molar refractivity (Wildman–Crippen MR) is 117 cm³/mol. The molecule has 2 N–H and O–H groups in total. The monoisotopic (exact) mass is 417 g/mol. The van der Waals surface area contributed by atoms with Crippen molar-refractivity contribution in [3.63, 3.8) is 0 Å². The van der Waals surface area contributed by atoms with E-state index in [9.17, 15) is 14.7 Å². The van der Waals surface area contributed by atoms with Gasteiger partial charge in [-0.1, -0.05) is 0 Å². The van der Waals surface area contributed by atoms with E-state index in [1.165, 1.54) is 0 Å². The van der Waals surface area contributed by atoms with Crippen molar-refractivity contribution in [3.05, 3.63) is 44.5 Å². The van der Waals surface area contributed by atoms with Crippen LogP contribution in [0.2, 0.25) is 0 Å². The van der Waals surface area contributed by atoms with E-state index in [0.717, 1.165) is 33.4 Å². The van der Waals surface area contributed by atoms with Gasteiger partial charge in [-0.25, -0.2) is 4.79 Å². The quantitative estimate of drug-likeness (QED) is 0.571. The Morgan fingerprint density at radius 2 is 1.90 bits per heavy atom. The van der Waals surface area contributed by atoms with Crippen LogP contribution in [-0.4, -0.2) is 35.7 Å². The van der Waals surface area contributed by atoms with E-state index in [-0.39, 0.29) is 25.0 Å². The molecule has 1 aromatic carbocycles. The maximum absolute atomic E-state index is 12.6. The number of amides is 1. The van der Waals surface area contributed by atoms with Crippen molar-refractivity contribution in [2.45, 2.75) is 46.6 Å². The minimum Gasteiger partial charge on any atom is -0.460 e. The third-order valence-electron chi connectivity index (χ3n) is 5.47. The zero-order valence-corrected chi connectivity index (χ0v) is 18.3. The summed E-state index contributed by atoms with van der Waals surface area (Å²) >= 11 is 1.65. The first-order valence-electron chi connectivity index (χ1n) is 9.63. The van der Waals surface area contributed by atoms with Gasteiger partial charge < -0.3 is 19.3 Å². The number of benzene rings is 1. The highest BCUT2D eigenvalue weighted by atomic mass is 32.2. The van der Waals surface area contributed by atoms with Crippen molar-refractivity contribution in [1.29, 1.82) is 0 Å². The summed E-state index contributed by atoms with van der Waals surface area (Å²) in [7, 11) is 0. The average Bonchev–Trinajstić information content (AvgIpc) is 2.97. The number of thioether (sulfide) groups is 1. The highest BCUT2D eigenvalue weighted by Crippen LogP contribution is 2.36. The van der Waals surface area contributed by atoms with Gasteiger partial charge in [0.25, 0.3) is 0 Å². The molecule has 0 saturated carbocycles. The van der Waals surface area contributed by atoms with E-state index in [1.54, 1.807) is 11.8 Å². The zero-order valence-electron chi connectivity index (χ0n) is 17.5. The number of rotatable bonds is 7. The molecule has 0 aliphatic carbocycles. The first-order valence-corrected chi connectivity index (χ1v) is 11.0. The van der Waals surface area contributed by atoms with Gasteiger partial charge >= 0.3 is 5.63 Å². The highest BCUT2D eigenvalue weighted by Gasteiger charge is 2.21. The molecular weight excluding hydrogens is 390 g/mol. The molecule has 156 valence electrons. The number of carbonyl (C=O) groups excluding carboxylic acids is 1. The number of carbonyl (C=O) groups is 1. The lowest BCUT2D eigenvalue weighted by atomic mass is 9.98. The number of nitrogens with one attached hydrogen (secondary N) is 1. The van der Waals surface area contributed by atoms with Gasteiger partial charge in [-0.15, -0.1) is 0 Å². The van der Waals surface area contributed by atoms with Crippen molar-refractivity contribution in [1.82, 2.24) is 5.32 Å². The topological polar surface area (TPSA) is 92.7 Å². The molecule has 0 aliphatic heterocycles. The fourth-order valence-electron chi connectivity index (χ4n) is 3.74. The summed E-state index contributed by atoms with van der Waals surface area (Å²) in [4.78, 5) is 25.1. The molecule has 7 heteroatoms. The first kappa shape index (κ1) is 21.5. The molecule has 0 radical (unpaired) electrons. The third-order valence-corrected chi connectivity index (χ3v) is 6.11. The van der Waals surface area contributed by atoms with Crippen LogP contribution in [0, 0.1) is 27.7 Å². The van der Waals surface area contributed by atoms with Crippen LogP contribution in [0.3, 0.4) is 0 Å². The largest absolute Gasteiger partial charge is 0.460 e. The van der Waals surface area contributed by atoms with E-state index in [1.807, 2.05) is 40.0 Å². The summed E-state index contributed by atoms with van der Waals surface area (Å²) in [6, 6.07) is 1.52.